The van der Waals surface area contributed by atoms with E-state index in [1.54, 1.807) is 0 Å². The van der Waals surface area contributed by atoms with Gasteiger partial charge in [0.15, 0.2) is 0 Å². The fourth-order valence-electron chi connectivity index (χ4n) is 2.50. The molecule has 0 atom stereocenters. The number of fused-ring (bicyclic) bond motifs is 1. The van der Waals surface area contributed by atoms with Gasteiger partial charge in [0.2, 0.25) is 0 Å². The smallest absolute Gasteiger partial charge is 0.0208 e. The molecule has 1 aromatic rings. The number of hydrogen-bond donors (Lipinski definition) is 1. The minimum atomic E-state index is 0.290. The van der Waals surface area contributed by atoms with Gasteiger partial charge in [-0.25, -0.2) is 0 Å². The van der Waals surface area contributed by atoms with Crippen molar-refractivity contribution in [3.63, 3.8) is 0 Å². The first-order valence-corrected chi connectivity index (χ1v) is 5.96. The first-order chi connectivity index (χ1) is 7.13. The van der Waals surface area contributed by atoms with Crippen LogP contribution in [0, 0.1) is 0 Å². The average Bonchev–Trinajstić information content (AvgIpc) is 2.17. The summed E-state index contributed by atoms with van der Waals surface area (Å²) in [5, 5.41) is 3.50. The molecule has 0 radical (unpaired) electrons. The van der Waals surface area contributed by atoms with Gasteiger partial charge in [0.25, 0.3) is 0 Å². The third-order valence-corrected chi connectivity index (χ3v) is 3.32. The molecule has 15 heavy (non-hydrogen) atoms. The van der Waals surface area contributed by atoms with Crippen LogP contribution in [0.5, 0.6) is 0 Å². The molecule has 1 aliphatic heterocycles. The molecule has 0 spiro atoms. The molecule has 1 nitrogen and oxygen atoms in total. The van der Waals surface area contributed by atoms with Crippen molar-refractivity contribution in [2.75, 3.05) is 6.54 Å². The van der Waals surface area contributed by atoms with Gasteiger partial charge in [-0.3, -0.25) is 0 Å². The largest absolute Gasteiger partial charge is 0.312 e. The molecule has 0 fully saturated rings. The van der Waals surface area contributed by atoms with Crippen molar-refractivity contribution in [2.24, 2.45) is 0 Å². The van der Waals surface area contributed by atoms with E-state index in [0.717, 1.165) is 13.1 Å². The fraction of sp³-hybridized carbons (Fsp3) is 0.571. The Morgan fingerprint density at radius 3 is 2.87 bits per heavy atom. The van der Waals surface area contributed by atoms with E-state index in [4.69, 9.17) is 0 Å². The quantitative estimate of drug-likeness (QED) is 0.779. The SMILES string of the molecule is CCCc1ccc2c(c1)CNCC2(C)C. The van der Waals surface area contributed by atoms with Crippen LogP contribution in [0.25, 0.3) is 0 Å². The maximum absolute atomic E-state index is 3.50. The second kappa shape index (κ2) is 3.97. The number of aryl methyl sites for hydroxylation is 1. The second-order valence-corrected chi connectivity index (χ2v) is 5.23. The van der Waals surface area contributed by atoms with Gasteiger partial charge in [0.05, 0.1) is 0 Å². The monoisotopic (exact) mass is 203 g/mol. The molecule has 0 amide bonds. The Kier molecular flexibility index (Phi) is 2.83. The summed E-state index contributed by atoms with van der Waals surface area (Å²) in [6.07, 6.45) is 2.43. The number of rotatable bonds is 2. The van der Waals surface area contributed by atoms with Gasteiger partial charge < -0.3 is 5.32 Å². The Labute approximate surface area is 92.9 Å². The standard InChI is InChI=1S/C14H21N/c1-4-5-11-6-7-13-12(8-11)9-15-10-14(13,2)3/h6-8,15H,4-5,9-10H2,1-3H3. The van der Waals surface area contributed by atoms with Gasteiger partial charge in [0.1, 0.15) is 0 Å². The zero-order valence-electron chi connectivity index (χ0n) is 10.1. The first-order valence-electron chi connectivity index (χ1n) is 5.96. The molecule has 0 saturated heterocycles. The summed E-state index contributed by atoms with van der Waals surface area (Å²) in [6.45, 7) is 9.00. The molecule has 0 unspecified atom stereocenters. The summed E-state index contributed by atoms with van der Waals surface area (Å²) in [6, 6.07) is 7.02. The summed E-state index contributed by atoms with van der Waals surface area (Å²) >= 11 is 0. The predicted octanol–water partition coefficient (Wildman–Crippen LogP) is 3.02. The lowest BCUT2D eigenvalue weighted by Gasteiger charge is -2.33. The van der Waals surface area contributed by atoms with Gasteiger partial charge in [-0.2, -0.15) is 0 Å². The summed E-state index contributed by atoms with van der Waals surface area (Å²) < 4.78 is 0. The average molecular weight is 203 g/mol. The van der Waals surface area contributed by atoms with Gasteiger partial charge in [0, 0.05) is 18.5 Å². The molecule has 1 heteroatoms. The van der Waals surface area contributed by atoms with E-state index in [2.05, 4.69) is 44.3 Å². The molecular weight excluding hydrogens is 182 g/mol. The lowest BCUT2D eigenvalue weighted by atomic mass is 9.78. The van der Waals surface area contributed by atoms with Crippen LogP contribution < -0.4 is 5.32 Å². The van der Waals surface area contributed by atoms with Crippen molar-refractivity contribution >= 4 is 0 Å². The molecule has 1 aromatic carbocycles. The highest BCUT2D eigenvalue weighted by atomic mass is 14.9. The van der Waals surface area contributed by atoms with Crippen molar-refractivity contribution in [1.82, 2.24) is 5.32 Å². The molecule has 0 bridgehead atoms. The highest BCUT2D eigenvalue weighted by Crippen LogP contribution is 2.30. The Bertz CT molecular complexity index is 352. The zero-order chi connectivity index (χ0) is 10.9. The van der Waals surface area contributed by atoms with E-state index >= 15 is 0 Å². The third-order valence-electron chi connectivity index (χ3n) is 3.32. The van der Waals surface area contributed by atoms with Crippen molar-refractivity contribution in [3.8, 4) is 0 Å². The van der Waals surface area contributed by atoms with Crippen LogP contribution in [0.15, 0.2) is 18.2 Å². The lowest BCUT2D eigenvalue weighted by Crippen LogP contribution is -2.38. The first kappa shape index (κ1) is 10.7. The number of benzene rings is 1. The third kappa shape index (κ3) is 2.07. The zero-order valence-corrected chi connectivity index (χ0v) is 10.1. The topological polar surface area (TPSA) is 12.0 Å². The fourth-order valence-corrected chi connectivity index (χ4v) is 2.50. The van der Waals surface area contributed by atoms with E-state index in [1.807, 2.05) is 0 Å². The predicted molar refractivity (Wildman–Crippen MR) is 65.2 cm³/mol. The van der Waals surface area contributed by atoms with Crippen molar-refractivity contribution < 1.29 is 0 Å². The second-order valence-electron chi connectivity index (χ2n) is 5.23. The highest BCUT2D eigenvalue weighted by molar-refractivity contribution is 5.39. The summed E-state index contributed by atoms with van der Waals surface area (Å²) in [7, 11) is 0. The van der Waals surface area contributed by atoms with Crippen LogP contribution in [-0.4, -0.2) is 6.54 Å². The van der Waals surface area contributed by atoms with E-state index in [-0.39, 0.29) is 0 Å². The Morgan fingerprint density at radius 2 is 2.13 bits per heavy atom. The molecular formula is C14H21N. The van der Waals surface area contributed by atoms with Gasteiger partial charge in [-0.15, -0.1) is 0 Å². The maximum Gasteiger partial charge on any atom is 0.0208 e. The van der Waals surface area contributed by atoms with Crippen LogP contribution in [0.1, 0.15) is 43.9 Å². The minimum Gasteiger partial charge on any atom is -0.312 e. The molecule has 2 rings (SSSR count). The van der Waals surface area contributed by atoms with E-state index < -0.39 is 0 Å². The van der Waals surface area contributed by atoms with E-state index in [0.29, 0.717) is 5.41 Å². The van der Waals surface area contributed by atoms with E-state index in [1.165, 1.54) is 29.5 Å². The summed E-state index contributed by atoms with van der Waals surface area (Å²) in [5.74, 6) is 0. The summed E-state index contributed by atoms with van der Waals surface area (Å²) in [5.41, 5.74) is 4.80. The Morgan fingerprint density at radius 1 is 1.33 bits per heavy atom. The highest BCUT2D eigenvalue weighted by Gasteiger charge is 2.26. The van der Waals surface area contributed by atoms with Crippen LogP contribution in [0.3, 0.4) is 0 Å². The lowest BCUT2D eigenvalue weighted by molar-refractivity contribution is 0.434. The van der Waals surface area contributed by atoms with Crippen LogP contribution in [0.2, 0.25) is 0 Å². The molecule has 0 aromatic heterocycles. The van der Waals surface area contributed by atoms with Crippen molar-refractivity contribution in [3.05, 3.63) is 34.9 Å². The maximum atomic E-state index is 3.50. The Balaban J connectivity index is 2.36. The van der Waals surface area contributed by atoms with Crippen molar-refractivity contribution in [1.29, 1.82) is 0 Å². The normalized spacial score (nSPS) is 18.6. The van der Waals surface area contributed by atoms with Gasteiger partial charge in [-0.1, -0.05) is 45.4 Å². The number of hydrogen-bond acceptors (Lipinski definition) is 1. The number of nitrogens with one attached hydrogen (secondary N) is 1. The molecule has 0 saturated carbocycles. The molecule has 1 aliphatic rings. The molecule has 0 aliphatic carbocycles. The van der Waals surface area contributed by atoms with Crippen LogP contribution >= 0.6 is 0 Å². The van der Waals surface area contributed by atoms with Crippen LogP contribution in [-0.2, 0) is 18.4 Å². The van der Waals surface area contributed by atoms with Crippen molar-refractivity contribution in [2.45, 2.75) is 45.6 Å². The van der Waals surface area contributed by atoms with Gasteiger partial charge >= 0.3 is 0 Å². The van der Waals surface area contributed by atoms with Gasteiger partial charge in [-0.05, 0) is 23.1 Å². The molecule has 82 valence electrons. The Hall–Kier alpha value is -0.820. The minimum absolute atomic E-state index is 0.290. The molecule has 1 heterocycles. The summed E-state index contributed by atoms with van der Waals surface area (Å²) in [4.78, 5) is 0. The van der Waals surface area contributed by atoms with E-state index in [9.17, 15) is 0 Å². The van der Waals surface area contributed by atoms with Crippen LogP contribution in [0.4, 0.5) is 0 Å². The molecule has 1 N–H and O–H groups in total.